The lowest BCUT2D eigenvalue weighted by molar-refractivity contribution is -0.118. The van der Waals surface area contributed by atoms with Crippen LogP contribution in [0.2, 0.25) is 0 Å². The maximum Gasteiger partial charge on any atom is 0.263 e. The fourth-order valence-corrected chi connectivity index (χ4v) is 3.15. The summed E-state index contributed by atoms with van der Waals surface area (Å²) in [6.45, 7) is 1.84. The van der Waals surface area contributed by atoms with Gasteiger partial charge in [-0.3, -0.25) is 4.79 Å². The van der Waals surface area contributed by atoms with Crippen molar-refractivity contribution in [2.45, 2.75) is 13.3 Å². The first-order chi connectivity index (χ1) is 14.7. The van der Waals surface area contributed by atoms with E-state index in [4.69, 9.17) is 4.74 Å². The maximum absolute atomic E-state index is 12.5. The zero-order chi connectivity index (χ0) is 20.9. The van der Waals surface area contributed by atoms with Crippen LogP contribution < -0.4 is 10.1 Å². The molecule has 0 aliphatic heterocycles. The van der Waals surface area contributed by atoms with Crippen LogP contribution in [-0.2, 0) is 11.2 Å². The van der Waals surface area contributed by atoms with Gasteiger partial charge in [-0.15, -0.1) is 0 Å². The average molecular weight is 397 g/mol. The SMILES string of the molecule is CCc1ccccc1OCC(=O)Nc1c(C#N)cnn1-c1ccc2ccccc2n1. The standard InChI is InChI=1S/C23H19N5O2/c1-2-16-7-4-6-10-20(16)30-15-22(29)27-23-18(13-24)14-25-28(23)21-12-11-17-8-3-5-9-19(17)26-21/h3-12,14H,2,15H2,1H3,(H,27,29). The maximum atomic E-state index is 12.5. The lowest BCUT2D eigenvalue weighted by Gasteiger charge is -2.12. The van der Waals surface area contributed by atoms with Crippen molar-refractivity contribution in [3.05, 3.63) is 78.0 Å². The summed E-state index contributed by atoms with van der Waals surface area (Å²) >= 11 is 0. The van der Waals surface area contributed by atoms with Crippen molar-refractivity contribution >= 4 is 22.6 Å². The van der Waals surface area contributed by atoms with Crippen LogP contribution in [0.1, 0.15) is 18.1 Å². The largest absolute Gasteiger partial charge is 0.483 e. The average Bonchev–Trinajstić information content (AvgIpc) is 3.19. The molecule has 7 heteroatoms. The van der Waals surface area contributed by atoms with Crippen molar-refractivity contribution in [1.29, 1.82) is 5.26 Å². The van der Waals surface area contributed by atoms with Gasteiger partial charge >= 0.3 is 0 Å². The number of carbonyl (C=O) groups excluding carboxylic acids is 1. The molecule has 0 bridgehead atoms. The van der Waals surface area contributed by atoms with E-state index in [1.807, 2.05) is 61.5 Å². The molecule has 148 valence electrons. The molecule has 1 amide bonds. The van der Waals surface area contributed by atoms with Gasteiger partial charge in [0.05, 0.1) is 11.7 Å². The Bertz CT molecular complexity index is 1260. The predicted octanol–water partition coefficient (Wildman–Crippen LogP) is 3.87. The van der Waals surface area contributed by atoms with Gasteiger partial charge in [0.1, 0.15) is 17.4 Å². The minimum atomic E-state index is -0.389. The van der Waals surface area contributed by atoms with Crippen LogP contribution in [0.5, 0.6) is 5.75 Å². The van der Waals surface area contributed by atoms with Gasteiger partial charge in [0.15, 0.2) is 18.2 Å². The van der Waals surface area contributed by atoms with Crippen molar-refractivity contribution in [2.24, 2.45) is 0 Å². The van der Waals surface area contributed by atoms with Crippen molar-refractivity contribution in [1.82, 2.24) is 14.8 Å². The lowest BCUT2D eigenvalue weighted by atomic mass is 10.1. The van der Waals surface area contributed by atoms with E-state index in [1.165, 1.54) is 10.9 Å². The molecule has 30 heavy (non-hydrogen) atoms. The van der Waals surface area contributed by atoms with Crippen molar-refractivity contribution in [3.63, 3.8) is 0 Å². The number of hydrogen-bond acceptors (Lipinski definition) is 5. The molecular formula is C23H19N5O2. The molecule has 0 aliphatic carbocycles. The van der Waals surface area contributed by atoms with E-state index in [0.717, 1.165) is 22.9 Å². The topological polar surface area (TPSA) is 92.8 Å². The Morgan fingerprint density at radius 1 is 1.13 bits per heavy atom. The number of pyridine rings is 1. The molecule has 1 N–H and O–H groups in total. The summed E-state index contributed by atoms with van der Waals surface area (Å²) in [5.74, 6) is 1.04. The zero-order valence-electron chi connectivity index (χ0n) is 16.4. The fraction of sp³-hybridized carbons (Fsp3) is 0.130. The summed E-state index contributed by atoms with van der Waals surface area (Å²) in [6.07, 6.45) is 2.20. The first-order valence-electron chi connectivity index (χ1n) is 9.54. The number of carbonyl (C=O) groups is 1. The Labute approximate surface area is 173 Å². The summed E-state index contributed by atoms with van der Waals surface area (Å²) < 4.78 is 7.12. The number of aryl methyl sites for hydroxylation is 1. The molecule has 0 fully saturated rings. The van der Waals surface area contributed by atoms with Crippen LogP contribution >= 0.6 is 0 Å². The van der Waals surface area contributed by atoms with Crippen LogP contribution in [-0.4, -0.2) is 27.3 Å². The highest BCUT2D eigenvalue weighted by atomic mass is 16.5. The minimum absolute atomic E-state index is 0.182. The molecule has 0 spiro atoms. The molecule has 0 saturated heterocycles. The second kappa shape index (κ2) is 8.45. The molecule has 0 radical (unpaired) electrons. The van der Waals surface area contributed by atoms with Gasteiger partial charge in [-0.05, 0) is 36.2 Å². The van der Waals surface area contributed by atoms with Gasteiger partial charge in [0.25, 0.3) is 5.91 Å². The third-order valence-corrected chi connectivity index (χ3v) is 4.66. The molecule has 4 rings (SSSR count). The van der Waals surface area contributed by atoms with Gasteiger partial charge in [-0.2, -0.15) is 15.0 Å². The number of para-hydroxylation sites is 2. The monoisotopic (exact) mass is 397 g/mol. The normalized spacial score (nSPS) is 10.5. The van der Waals surface area contributed by atoms with Crippen LogP contribution in [0, 0.1) is 11.3 Å². The Kier molecular flexibility index (Phi) is 5.39. The second-order valence-electron chi connectivity index (χ2n) is 6.59. The molecule has 0 aliphatic rings. The molecule has 0 saturated carbocycles. The second-order valence-corrected chi connectivity index (χ2v) is 6.59. The summed E-state index contributed by atoms with van der Waals surface area (Å²) in [7, 11) is 0. The first-order valence-corrected chi connectivity index (χ1v) is 9.54. The highest BCUT2D eigenvalue weighted by molar-refractivity contribution is 5.92. The highest BCUT2D eigenvalue weighted by Gasteiger charge is 2.17. The molecule has 2 aromatic heterocycles. The van der Waals surface area contributed by atoms with E-state index in [2.05, 4.69) is 21.5 Å². The molecular weight excluding hydrogens is 378 g/mol. The Balaban J connectivity index is 1.57. The lowest BCUT2D eigenvalue weighted by Crippen LogP contribution is -2.23. The number of aromatic nitrogens is 3. The molecule has 4 aromatic rings. The number of hydrogen-bond donors (Lipinski definition) is 1. The zero-order valence-corrected chi connectivity index (χ0v) is 16.4. The summed E-state index contributed by atoms with van der Waals surface area (Å²) in [6, 6.07) is 21.0. The first kappa shape index (κ1) is 19.2. The third kappa shape index (κ3) is 3.84. The van der Waals surface area contributed by atoms with Crippen molar-refractivity contribution < 1.29 is 9.53 Å². The number of fused-ring (bicyclic) bond motifs is 1. The van der Waals surface area contributed by atoms with E-state index >= 15 is 0 Å². The number of anilines is 1. The van der Waals surface area contributed by atoms with Gasteiger partial charge in [0, 0.05) is 5.39 Å². The van der Waals surface area contributed by atoms with Crippen LogP contribution in [0.4, 0.5) is 5.82 Å². The Morgan fingerprint density at radius 3 is 2.77 bits per heavy atom. The van der Waals surface area contributed by atoms with Crippen LogP contribution in [0.3, 0.4) is 0 Å². The molecule has 0 unspecified atom stereocenters. The van der Waals surface area contributed by atoms with Gasteiger partial charge in [-0.1, -0.05) is 43.3 Å². The Morgan fingerprint density at radius 2 is 1.93 bits per heavy atom. The summed E-state index contributed by atoms with van der Waals surface area (Å²) in [4.78, 5) is 17.1. The number of benzene rings is 2. The van der Waals surface area contributed by atoms with E-state index in [1.54, 1.807) is 6.07 Å². The van der Waals surface area contributed by atoms with E-state index in [0.29, 0.717) is 11.6 Å². The fourth-order valence-electron chi connectivity index (χ4n) is 3.15. The summed E-state index contributed by atoms with van der Waals surface area (Å²) in [5, 5.41) is 17.4. The van der Waals surface area contributed by atoms with Crippen LogP contribution in [0.25, 0.3) is 16.7 Å². The molecule has 0 atom stereocenters. The number of amides is 1. The van der Waals surface area contributed by atoms with E-state index < -0.39 is 0 Å². The minimum Gasteiger partial charge on any atom is -0.483 e. The van der Waals surface area contributed by atoms with Crippen LogP contribution in [0.15, 0.2) is 66.9 Å². The molecule has 2 heterocycles. The number of nitrogens with zero attached hydrogens (tertiary/aromatic N) is 4. The number of rotatable bonds is 6. The Hall–Kier alpha value is -4.18. The molecule has 2 aromatic carbocycles. The number of nitrogens with one attached hydrogen (secondary N) is 1. The van der Waals surface area contributed by atoms with Gasteiger partial charge in [0.2, 0.25) is 0 Å². The quantitative estimate of drug-likeness (QED) is 0.533. The van der Waals surface area contributed by atoms with E-state index in [9.17, 15) is 10.1 Å². The molecule has 7 nitrogen and oxygen atoms in total. The highest BCUT2D eigenvalue weighted by Crippen LogP contribution is 2.22. The van der Waals surface area contributed by atoms with Crippen molar-refractivity contribution in [3.8, 4) is 17.6 Å². The number of nitriles is 1. The predicted molar refractivity (Wildman–Crippen MR) is 114 cm³/mol. The third-order valence-electron chi connectivity index (χ3n) is 4.66. The van der Waals surface area contributed by atoms with Gasteiger partial charge in [-0.25, -0.2) is 4.98 Å². The van der Waals surface area contributed by atoms with Crippen molar-refractivity contribution in [2.75, 3.05) is 11.9 Å². The summed E-state index contributed by atoms with van der Waals surface area (Å²) in [5.41, 5.74) is 2.06. The van der Waals surface area contributed by atoms with Gasteiger partial charge < -0.3 is 10.1 Å². The smallest absolute Gasteiger partial charge is 0.263 e. The van der Waals surface area contributed by atoms with E-state index in [-0.39, 0.29) is 23.9 Å². The number of ether oxygens (including phenoxy) is 1.